The number of nitrogens with one attached hydrogen (secondary N) is 4. The molecule has 0 heterocycles. The van der Waals surface area contributed by atoms with Crippen LogP contribution in [0.4, 0.5) is 0 Å². The van der Waals surface area contributed by atoms with Crippen LogP contribution in [0.25, 0.3) is 0 Å². The molecule has 4 amide bonds. The fourth-order valence-corrected chi connectivity index (χ4v) is 5.23. The first kappa shape index (κ1) is 37.1. The lowest BCUT2D eigenvalue weighted by molar-refractivity contribution is -0.142. The fraction of sp³-hybridized carbons (Fsp3) is 0.697. The summed E-state index contributed by atoms with van der Waals surface area (Å²) >= 11 is 0. The zero-order chi connectivity index (χ0) is 32.1. The Kier molecular flexibility index (Phi) is 15.2. The largest absolute Gasteiger partial charge is 0.392 e. The zero-order valence-electron chi connectivity index (χ0n) is 27.3. The molecule has 0 saturated carbocycles. The van der Waals surface area contributed by atoms with Gasteiger partial charge in [0.15, 0.2) is 0 Å². The van der Waals surface area contributed by atoms with Crippen molar-refractivity contribution in [1.29, 1.82) is 0 Å². The summed E-state index contributed by atoms with van der Waals surface area (Å²) in [5, 5.41) is 21.0. The summed E-state index contributed by atoms with van der Waals surface area (Å²) in [5.74, 6) is -0.758. The standard InChI is InChI=1S/C33H56N4O5/c1-22(2)15-16-34-29(40)27(17-26-13-11-10-12-14-26)37-28(39)20-36-31(42)33(9,24(5)6)21-32(8,18-23(3)4)30(41)35-19-25(7)38/h10-14,22-25,27,38H,15-21H2,1-9H3,(H,34,40)(H,35,41)(H,36,42)(H,37,39)/t25?,27-,32?,33?/m0/s1. The predicted molar refractivity (Wildman–Crippen MR) is 167 cm³/mol. The quantitative estimate of drug-likeness (QED) is 0.179. The molecule has 0 aromatic heterocycles. The number of carbonyl (C=O) groups excluding carboxylic acids is 4. The number of rotatable bonds is 18. The Morgan fingerprint density at radius 3 is 1.98 bits per heavy atom. The van der Waals surface area contributed by atoms with Crippen molar-refractivity contribution in [3.05, 3.63) is 35.9 Å². The minimum atomic E-state index is -0.955. The summed E-state index contributed by atoms with van der Waals surface area (Å²) in [7, 11) is 0. The molecule has 1 aromatic rings. The maximum atomic E-state index is 13.6. The maximum absolute atomic E-state index is 13.6. The highest BCUT2D eigenvalue weighted by Crippen LogP contribution is 2.43. The van der Waals surface area contributed by atoms with Gasteiger partial charge in [0.1, 0.15) is 6.04 Å². The average molecular weight is 589 g/mol. The molecule has 0 aliphatic carbocycles. The molecule has 4 atom stereocenters. The smallest absolute Gasteiger partial charge is 0.242 e. The lowest BCUT2D eigenvalue weighted by Gasteiger charge is -2.41. The van der Waals surface area contributed by atoms with E-state index in [-0.39, 0.29) is 49.1 Å². The molecule has 9 heteroatoms. The van der Waals surface area contributed by atoms with E-state index < -0.39 is 28.9 Å². The second-order valence-electron chi connectivity index (χ2n) is 13.4. The molecule has 1 rings (SSSR count). The summed E-state index contributed by atoms with van der Waals surface area (Å²) in [6.07, 6.45) is 1.30. The molecule has 0 fully saturated rings. The van der Waals surface area contributed by atoms with Gasteiger partial charge in [0.25, 0.3) is 0 Å². The molecule has 0 spiro atoms. The van der Waals surface area contributed by atoms with E-state index in [0.717, 1.165) is 12.0 Å². The van der Waals surface area contributed by atoms with Crippen LogP contribution in [0.1, 0.15) is 87.1 Å². The Hall–Kier alpha value is -2.94. The molecule has 42 heavy (non-hydrogen) atoms. The van der Waals surface area contributed by atoms with E-state index in [0.29, 0.717) is 25.3 Å². The van der Waals surface area contributed by atoms with Crippen molar-refractivity contribution >= 4 is 23.6 Å². The monoisotopic (exact) mass is 588 g/mol. The topological polar surface area (TPSA) is 137 Å². The van der Waals surface area contributed by atoms with Crippen molar-refractivity contribution in [3.63, 3.8) is 0 Å². The van der Waals surface area contributed by atoms with Crippen LogP contribution in [-0.2, 0) is 25.6 Å². The Labute approximate surface area is 253 Å². The van der Waals surface area contributed by atoms with Crippen molar-refractivity contribution in [2.45, 2.75) is 100 Å². The molecule has 5 N–H and O–H groups in total. The van der Waals surface area contributed by atoms with E-state index in [1.54, 1.807) is 6.92 Å². The number of benzene rings is 1. The van der Waals surface area contributed by atoms with E-state index in [9.17, 15) is 24.3 Å². The van der Waals surface area contributed by atoms with Gasteiger partial charge in [-0.15, -0.1) is 0 Å². The number of carbonyl (C=O) groups is 4. The van der Waals surface area contributed by atoms with E-state index in [1.165, 1.54) is 0 Å². The number of hydrogen-bond acceptors (Lipinski definition) is 5. The Morgan fingerprint density at radius 1 is 0.833 bits per heavy atom. The first-order valence-corrected chi connectivity index (χ1v) is 15.4. The second kappa shape index (κ2) is 17.2. The van der Waals surface area contributed by atoms with Crippen LogP contribution >= 0.6 is 0 Å². The fourth-order valence-electron chi connectivity index (χ4n) is 5.23. The van der Waals surface area contributed by atoms with Gasteiger partial charge in [0.2, 0.25) is 23.6 Å². The number of aliphatic hydroxyl groups is 1. The molecule has 0 aliphatic heterocycles. The van der Waals surface area contributed by atoms with Gasteiger partial charge in [-0.3, -0.25) is 19.2 Å². The van der Waals surface area contributed by atoms with Gasteiger partial charge in [0, 0.05) is 30.3 Å². The van der Waals surface area contributed by atoms with Gasteiger partial charge in [0.05, 0.1) is 12.6 Å². The summed E-state index contributed by atoms with van der Waals surface area (Å²) in [6.45, 7) is 17.7. The van der Waals surface area contributed by atoms with Gasteiger partial charge in [-0.1, -0.05) is 85.7 Å². The molecular formula is C33H56N4O5. The first-order chi connectivity index (χ1) is 19.5. The third kappa shape index (κ3) is 12.5. The van der Waals surface area contributed by atoms with Crippen molar-refractivity contribution in [2.24, 2.45) is 28.6 Å². The summed E-state index contributed by atoms with van der Waals surface area (Å²) in [4.78, 5) is 52.9. The van der Waals surface area contributed by atoms with E-state index >= 15 is 0 Å². The van der Waals surface area contributed by atoms with Crippen molar-refractivity contribution in [3.8, 4) is 0 Å². The third-order valence-corrected chi connectivity index (χ3v) is 7.88. The number of amides is 4. The van der Waals surface area contributed by atoms with Crippen LogP contribution in [-0.4, -0.2) is 60.5 Å². The van der Waals surface area contributed by atoms with Crippen LogP contribution in [0, 0.1) is 28.6 Å². The highest BCUT2D eigenvalue weighted by atomic mass is 16.3. The van der Waals surface area contributed by atoms with Crippen LogP contribution in [0.5, 0.6) is 0 Å². The third-order valence-electron chi connectivity index (χ3n) is 7.88. The van der Waals surface area contributed by atoms with Gasteiger partial charge < -0.3 is 26.4 Å². The average Bonchev–Trinajstić information content (AvgIpc) is 2.89. The molecule has 0 aliphatic rings. The number of hydrogen-bond donors (Lipinski definition) is 5. The molecule has 9 nitrogen and oxygen atoms in total. The van der Waals surface area contributed by atoms with Gasteiger partial charge in [-0.05, 0) is 49.5 Å². The highest BCUT2D eigenvalue weighted by Gasteiger charge is 2.46. The van der Waals surface area contributed by atoms with Crippen molar-refractivity contribution < 1.29 is 24.3 Å². The Morgan fingerprint density at radius 2 is 1.45 bits per heavy atom. The van der Waals surface area contributed by atoms with Crippen LogP contribution in [0.15, 0.2) is 30.3 Å². The Balaban J connectivity index is 3.02. The summed E-state index contributed by atoms with van der Waals surface area (Å²) < 4.78 is 0. The van der Waals surface area contributed by atoms with E-state index in [1.807, 2.05) is 71.9 Å². The SMILES string of the molecule is CC(C)CCNC(=O)[C@H](Cc1ccccc1)NC(=O)CNC(=O)C(C)(CC(C)(CC(C)C)C(=O)NCC(C)O)C(C)C. The minimum absolute atomic E-state index is 0.130. The molecular weight excluding hydrogens is 532 g/mol. The maximum Gasteiger partial charge on any atom is 0.242 e. The lowest BCUT2D eigenvalue weighted by atomic mass is 9.64. The van der Waals surface area contributed by atoms with E-state index in [2.05, 4.69) is 35.1 Å². The summed E-state index contributed by atoms with van der Waals surface area (Å²) in [5.41, 5.74) is -0.906. The molecule has 0 radical (unpaired) electrons. The van der Waals surface area contributed by atoms with Crippen molar-refractivity contribution in [2.75, 3.05) is 19.6 Å². The predicted octanol–water partition coefficient (Wildman–Crippen LogP) is 3.59. The first-order valence-electron chi connectivity index (χ1n) is 15.4. The second-order valence-corrected chi connectivity index (χ2v) is 13.4. The minimum Gasteiger partial charge on any atom is -0.392 e. The van der Waals surface area contributed by atoms with Crippen LogP contribution < -0.4 is 21.3 Å². The molecule has 238 valence electrons. The Bertz CT molecular complexity index is 1010. The lowest BCUT2D eigenvalue weighted by Crippen LogP contribution is -2.53. The molecule has 0 bridgehead atoms. The summed E-state index contributed by atoms with van der Waals surface area (Å²) in [6, 6.07) is 8.69. The molecule has 0 saturated heterocycles. The van der Waals surface area contributed by atoms with Crippen molar-refractivity contribution in [1.82, 2.24) is 21.3 Å². The molecule has 1 aromatic carbocycles. The van der Waals surface area contributed by atoms with Crippen LogP contribution in [0.3, 0.4) is 0 Å². The van der Waals surface area contributed by atoms with E-state index in [4.69, 9.17) is 0 Å². The zero-order valence-corrected chi connectivity index (χ0v) is 27.3. The molecule has 3 unspecified atom stereocenters. The van der Waals surface area contributed by atoms with Crippen LogP contribution in [0.2, 0.25) is 0 Å². The highest BCUT2D eigenvalue weighted by molar-refractivity contribution is 5.92. The van der Waals surface area contributed by atoms with Gasteiger partial charge in [-0.25, -0.2) is 0 Å². The van der Waals surface area contributed by atoms with Gasteiger partial charge >= 0.3 is 0 Å². The number of aliphatic hydroxyl groups excluding tert-OH is 1. The normalized spacial score (nSPS) is 15.8. The van der Waals surface area contributed by atoms with Gasteiger partial charge in [-0.2, -0.15) is 0 Å².